The average molecular weight is 209 g/mol. The highest BCUT2D eigenvalue weighted by Crippen LogP contribution is 2.20. The van der Waals surface area contributed by atoms with Gasteiger partial charge in [-0.25, -0.2) is 0 Å². The van der Waals surface area contributed by atoms with Crippen LogP contribution in [0.2, 0.25) is 0 Å². The number of hydrogen-bond donors (Lipinski definition) is 1. The van der Waals surface area contributed by atoms with E-state index in [1.54, 1.807) is 14.2 Å². The Morgan fingerprint density at radius 3 is 2.67 bits per heavy atom. The molecule has 84 valence electrons. The van der Waals surface area contributed by atoms with Gasteiger partial charge in [-0.05, 0) is 37.1 Å². The van der Waals surface area contributed by atoms with E-state index in [1.807, 2.05) is 18.2 Å². The van der Waals surface area contributed by atoms with Crippen LogP contribution in [0.1, 0.15) is 12.0 Å². The van der Waals surface area contributed by atoms with E-state index in [2.05, 4.69) is 12.2 Å². The molecular weight excluding hydrogens is 190 g/mol. The third-order valence-electron chi connectivity index (χ3n) is 2.27. The first kappa shape index (κ1) is 11.9. The summed E-state index contributed by atoms with van der Waals surface area (Å²) < 4.78 is 10.1. The molecule has 0 aliphatic rings. The van der Waals surface area contributed by atoms with Crippen LogP contribution in [0.25, 0.3) is 0 Å². The normalized spacial score (nSPS) is 10.1. The summed E-state index contributed by atoms with van der Waals surface area (Å²) in [5.74, 6) is 0.898. The van der Waals surface area contributed by atoms with Crippen molar-refractivity contribution in [3.05, 3.63) is 23.8 Å². The molecule has 0 saturated heterocycles. The summed E-state index contributed by atoms with van der Waals surface area (Å²) in [6, 6.07) is 6.03. The van der Waals surface area contributed by atoms with Crippen molar-refractivity contribution in [1.29, 1.82) is 0 Å². The van der Waals surface area contributed by atoms with E-state index in [-0.39, 0.29) is 0 Å². The van der Waals surface area contributed by atoms with E-state index in [4.69, 9.17) is 9.47 Å². The molecule has 0 radical (unpaired) electrons. The zero-order valence-corrected chi connectivity index (χ0v) is 9.67. The lowest BCUT2D eigenvalue weighted by molar-refractivity contribution is 0.198. The predicted molar refractivity (Wildman–Crippen MR) is 62.7 cm³/mol. The van der Waals surface area contributed by atoms with Crippen molar-refractivity contribution in [3.63, 3.8) is 0 Å². The van der Waals surface area contributed by atoms with Gasteiger partial charge in [-0.15, -0.1) is 0 Å². The molecule has 0 fully saturated rings. The number of benzene rings is 1. The lowest BCUT2D eigenvalue weighted by atomic mass is 10.2. The Kier molecular flexibility index (Phi) is 4.98. The van der Waals surface area contributed by atoms with Gasteiger partial charge in [-0.2, -0.15) is 0 Å². The molecule has 1 N–H and O–H groups in total. The molecule has 0 unspecified atom stereocenters. The number of aryl methyl sites for hydroxylation is 1. The summed E-state index contributed by atoms with van der Waals surface area (Å²) in [4.78, 5) is 0. The Labute approximate surface area is 91.4 Å². The molecule has 1 aromatic rings. The topological polar surface area (TPSA) is 30.5 Å². The van der Waals surface area contributed by atoms with Crippen molar-refractivity contribution in [1.82, 2.24) is 0 Å². The summed E-state index contributed by atoms with van der Waals surface area (Å²) >= 11 is 0. The average Bonchev–Trinajstić information content (AvgIpc) is 2.26. The highest BCUT2D eigenvalue weighted by atomic mass is 16.5. The molecule has 0 aliphatic carbocycles. The summed E-state index contributed by atoms with van der Waals surface area (Å²) in [6.45, 7) is 3.80. The van der Waals surface area contributed by atoms with Crippen LogP contribution in [0.15, 0.2) is 18.2 Å². The van der Waals surface area contributed by atoms with Gasteiger partial charge in [-0.1, -0.05) is 0 Å². The van der Waals surface area contributed by atoms with E-state index in [0.717, 1.165) is 31.0 Å². The van der Waals surface area contributed by atoms with Crippen molar-refractivity contribution in [2.24, 2.45) is 0 Å². The molecule has 0 bridgehead atoms. The Bertz CT molecular complexity index is 300. The molecule has 15 heavy (non-hydrogen) atoms. The highest BCUT2D eigenvalue weighted by molar-refractivity contribution is 5.53. The van der Waals surface area contributed by atoms with Crippen LogP contribution in [-0.2, 0) is 4.74 Å². The Morgan fingerprint density at radius 2 is 2.07 bits per heavy atom. The van der Waals surface area contributed by atoms with Gasteiger partial charge in [-0.3, -0.25) is 0 Å². The molecule has 0 amide bonds. The zero-order chi connectivity index (χ0) is 11.1. The molecule has 0 atom stereocenters. The highest BCUT2D eigenvalue weighted by Gasteiger charge is 1.99. The fourth-order valence-corrected chi connectivity index (χ4v) is 1.40. The molecule has 0 aromatic heterocycles. The summed E-state index contributed by atoms with van der Waals surface area (Å²) in [5, 5.41) is 3.36. The second-order valence-electron chi connectivity index (χ2n) is 3.45. The minimum absolute atomic E-state index is 0.794. The van der Waals surface area contributed by atoms with Gasteiger partial charge in [0.2, 0.25) is 0 Å². The maximum Gasteiger partial charge on any atom is 0.119 e. The van der Waals surface area contributed by atoms with Crippen LogP contribution in [0, 0.1) is 6.92 Å². The third-order valence-corrected chi connectivity index (χ3v) is 2.27. The second kappa shape index (κ2) is 6.30. The smallest absolute Gasteiger partial charge is 0.119 e. The molecule has 0 spiro atoms. The van der Waals surface area contributed by atoms with E-state index >= 15 is 0 Å². The largest absolute Gasteiger partial charge is 0.497 e. The summed E-state index contributed by atoms with van der Waals surface area (Å²) in [6.07, 6.45) is 1.02. The first-order chi connectivity index (χ1) is 7.27. The molecule has 1 rings (SSSR count). The van der Waals surface area contributed by atoms with Crippen molar-refractivity contribution in [2.75, 3.05) is 32.7 Å². The van der Waals surface area contributed by atoms with Crippen LogP contribution < -0.4 is 10.1 Å². The standard InChI is InChI=1S/C12H19NO2/c1-10-9-11(15-3)5-6-12(10)13-7-4-8-14-2/h5-6,9,13H,4,7-8H2,1-3H3. The van der Waals surface area contributed by atoms with E-state index in [1.165, 1.54) is 5.56 Å². The molecule has 0 heterocycles. The van der Waals surface area contributed by atoms with Crippen LogP contribution in [0.5, 0.6) is 5.75 Å². The number of anilines is 1. The van der Waals surface area contributed by atoms with Gasteiger partial charge >= 0.3 is 0 Å². The Balaban J connectivity index is 2.47. The van der Waals surface area contributed by atoms with Crippen LogP contribution in [0.3, 0.4) is 0 Å². The summed E-state index contributed by atoms with van der Waals surface area (Å²) in [7, 11) is 3.40. The van der Waals surface area contributed by atoms with Crippen molar-refractivity contribution in [2.45, 2.75) is 13.3 Å². The molecule has 1 aromatic carbocycles. The van der Waals surface area contributed by atoms with Crippen molar-refractivity contribution >= 4 is 5.69 Å². The van der Waals surface area contributed by atoms with Crippen LogP contribution in [-0.4, -0.2) is 27.4 Å². The van der Waals surface area contributed by atoms with Gasteiger partial charge in [0.15, 0.2) is 0 Å². The maximum atomic E-state index is 5.15. The number of methoxy groups -OCH3 is 2. The molecule has 3 heteroatoms. The van der Waals surface area contributed by atoms with E-state index in [0.29, 0.717) is 0 Å². The Hall–Kier alpha value is -1.22. The fraction of sp³-hybridized carbons (Fsp3) is 0.500. The van der Waals surface area contributed by atoms with Gasteiger partial charge in [0.05, 0.1) is 7.11 Å². The quantitative estimate of drug-likeness (QED) is 0.730. The van der Waals surface area contributed by atoms with Crippen molar-refractivity contribution < 1.29 is 9.47 Å². The number of hydrogen-bond acceptors (Lipinski definition) is 3. The molecule has 3 nitrogen and oxygen atoms in total. The first-order valence-electron chi connectivity index (χ1n) is 5.15. The Morgan fingerprint density at radius 1 is 1.27 bits per heavy atom. The predicted octanol–water partition coefficient (Wildman–Crippen LogP) is 2.45. The van der Waals surface area contributed by atoms with Crippen LogP contribution in [0.4, 0.5) is 5.69 Å². The molecule has 0 aliphatic heterocycles. The third kappa shape index (κ3) is 3.80. The fourth-order valence-electron chi connectivity index (χ4n) is 1.40. The minimum Gasteiger partial charge on any atom is -0.497 e. The van der Waals surface area contributed by atoms with E-state index < -0.39 is 0 Å². The van der Waals surface area contributed by atoms with Gasteiger partial charge in [0.25, 0.3) is 0 Å². The zero-order valence-electron chi connectivity index (χ0n) is 9.67. The SMILES string of the molecule is COCCCNc1ccc(OC)cc1C. The number of rotatable bonds is 6. The van der Waals surface area contributed by atoms with Crippen molar-refractivity contribution in [3.8, 4) is 5.75 Å². The summed E-state index contributed by atoms with van der Waals surface area (Å²) in [5.41, 5.74) is 2.36. The number of ether oxygens (including phenoxy) is 2. The second-order valence-corrected chi connectivity index (χ2v) is 3.45. The van der Waals surface area contributed by atoms with Crippen LogP contribution >= 0.6 is 0 Å². The lowest BCUT2D eigenvalue weighted by Gasteiger charge is -2.10. The lowest BCUT2D eigenvalue weighted by Crippen LogP contribution is -2.05. The van der Waals surface area contributed by atoms with E-state index in [9.17, 15) is 0 Å². The monoisotopic (exact) mass is 209 g/mol. The molecular formula is C12H19NO2. The first-order valence-corrected chi connectivity index (χ1v) is 5.15. The van der Waals surface area contributed by atoms with Gasteiger partial charge < -0.3 is 14.8 Å². The minimum atomic E-state index is 0.794. The van der Waals surface area contributed by atoms with Gasteiger partial charge in [0, 0.05) is 25.9 Å². The molecule has 0 saturated carbocycles. The van der Waals surface area contributed by atoms with Gasteiger partial charge in [0.1, 0.15) is 5.75 Å². The maximum absolute atomic E-state index is 5.15. The number of nitrogens with one attached hydrogen (secondary N) is 1.